The first kappa shape index (κ1) is 12.6. The van der Waals surface area contributed by atoms with Gasteiger partial charge in [0.25, 0.3) is 0 Å². The first-order chi connectivity index (χ1) is 7.45. The van der Waals surface area contributed by atoms with Crippen LogP contribution in [0.2, 0.25) is 0 Å². The number of fused-ring (bicyclic) bond motifs is 1. The van der Waals surface area contributed by atoms with Gasteiger partial charge < -0.3 is 0 Å². The highest BCUT2D eigenvalue weighted by molar-refractivity contribution is 9.10. The zero-order valence-corrected chi connectivity index (χ0v) is 10.5. The highest BCUT2D eigenvalue weighted by atomic mass is 79.9. The molecule has 0 nitrogen and oxygen atoms in total. The average Bonchev–Trinajstić information content (AvgIpc) is 2.13. The molecule has 0 spiro atoms. The predicted molar refractivity (Wildman–Crippen MR) is 63.0 cm³/mol. The minimum atomic E-state index is -9.58. The van der Waals surface area contributed by atoms with Crippen LogP contribution in [0.3, 0.4) is 0 Å². The average molecular weight is 333 g/mol. The summed E-state index contributed by atoms with van der Waals surface area (Å²) >= 11 is 3.15. The van der Waals surface area contributed by atoms with Crippen LogP contribution in [-0.2, 0) is 0 Å². The normalized spacial score (nSPS) is 16.6. The number of benzene rings is 2. The molecule has 0 atom stereocenters. The Morgan fingerprint density at radius 3 is 1.88 bits per heavy atom. The lowest BCUT2D eigenvalue weighted by Gasteiger charge is -2.40. The van der Waals surface area contributed by atoms with Crippen LogP contribution >= 0.6 is 26.2 Å². The predicted octanol–water partition coefficient (Wildman–Crippen LogP) is 6.26. The third-order valence-electron chi connectivity index (χ3n) is 2.22. The van der Waals surface area contributed by atoms with E-state index < -0.39 is 15.1 Å². The maximum absolute atomic E-state index is 12.5. The molecule has 17 heavy (non-hydrogen) atoms. The molecule has 0 aliphatic rings. The van der Waals surface area contributed by atoms with Crippen molar-refractivity contribution in [2.24, 2.45) is 0 Å². The van der Waals surface area contributed by atoms with E-state index in [1.165, 1.54) is 12.1 Å². The van der Waals surface area contributed by atoms with Crippen LogP contribution in [0.5, 0.6) is 0 Å². The summed E-state index contributed by atoms with van der Waals surface area (Å²) in [5.74, 6) is 0. The third-order valence-corrected chi connectivity index (χ3v) is 3.86. The highest BCUT2D eigenvalue weighted by Gasteiger charge is 2.65. The molecule has 0 aliphatic carbocycles. The van der Waals surface area contributed by atoms with Crippen molar-refractivity contribution >= 4 is 36.9 Å². The van der Waals surface area contributed by atoms with Crippen LogP contribution in [0.25, 0.3) is 10.8 Å². The van der Waals surface area contributed by atoms with Gasteiger partial charge in [-0.1, -0.05) is 47.5 Å². The van der Waals surface area contributed by atoms with Gasteiger partial charge in [0.05, 0.1) is 0 Å². The molecule has 0 fully saturated rings. The fourth-order valence-electron chi connectivity index (χ4n) is 1.43. The molecule has 94 valence electrons. The number of hydrogen-bond acceptors (Lipinski definition) is 0. The van der Waals surface area contributed by atoms with Gasteiger partial charge in [-0.3, -0.25) is 0 Å². The summed E-state index contributed by atoms with van der Waals surface area (Å²) < 4.78 is 63.4. The summed E-state index contributed by atoms with van der Waals surface area (Å²) in [5.41, 5.74) is 0. The van der Waals surface area contributed by atoms with E-state index >= 15 is 0 Å². The summed E-state index contributed by atoms with van der Waals surface area (Å²) in [6.07, 6.45) is 0. The van der Waals surface area contributed by atoms with Crippen LogP contribution < -0.4 is 0 Å². The van der Waals surface area contributed by atoms with Gasteiger partial charge in [0.2, 0.25) is 0 Å². The standard InChI is InChI=1S/C10H6BrF5S/c11-9-3-1-8-6-10(4-2-7(8)5-9)17(12,13,14,15)16/h1-6H. The van der Waals surface area contributed by atoms with Crippen molar-refractivity contribution in [1.82, 2.24) is 0 Å². The molecule has 2 aromatic rings. The molecular formula is C10H6BrF5S. The van der Waals surface area contributed by atoms with Crippen molar-refractivity contribution < 1.29 is 19.4 Å². The van der Waals surface area contributed by atoms with E-state index in [9.17, 15) is 19.4 Å². The molecule has 0 heterocycles. The molecule has 0 N–H and O–H groups in total. The smallest absolute Gasteiger partial charge is 0.0936 e. The van der Waals surface area contributed by atoms with E-state index in [1.807, 2.05) is 0 Å². The van der Waals surface area contributed by atoms with Gasteiger partial charge in [-0.05, 0) is 35.0 Å². The van der Waals surface area contributed by atoms with Crippen LogP contribution in [0.4, 0.5) is 19.4 Å². The Morgan fingerprint density at radius 1 is 0.765 bits per heavy atom. The van der Waals surface area contributed by atoms with Crippen molar-refractivity contribution in [2.75, 3.05) is 0 Å². The Bertz CT molecular complexity index is 605. The van der Waals surface area contributed by atoms with E-state index in [0.717, 1.165) is 6.07 Å². The van der Waals surface area contributed by atoms with Gasteiger partial charge in [-0.25, -0.2) is 0 Å². The quantitative estimate of drug-likeness (QED) is 0.540. The molecule has 0 radical (unpaired) electrons. The summed E-state index contributed by atoms with van der Waals surface area (Å²) in [5, 5.41) is 0.587. The third kappa shape index (κ3) is 2.71. The molecule has 0 saturated heterocycles. The molecule has 0 bridgehead atoms. The summed E-state index contributed by atoms with van der Waals surface area (Å²) in [7, 11) is -9.58. The Kier molecular flexibility index (Phi) is 2.19. The summed E-state index contributed by atoms with van der Waals surface area (Å²) in [6.45, 7) is 0. The zero-order valence-electron chi connectivity index (χ0n) is 8.14. The zero-order chi connectivity index (χ0) is 13.0. The summed E-state index contributed by atoms with van der Waals surface area (Å²) in [6, 6.07) is 6.33. The molecular weight excluding hydrogens is 327 g/mol. The van der Waals surface area contributed by atoms with Crippen LogP contribution in [0, 0.1) is 0 Å². The van der Waals surface area contributed by atoms with E-state index in [-0.39, 0.29) is 5.39 Å². The van der Waals surface area contributed by atoms with E-state index in [4.69, 9.17) is 0 Å². The Morgan fingerprint density at radius 2 is 1.29 bits per heavy atom. The molecule has 0 saturated carbocycles. The Labute approximate surface area is 102 Å². The number of halogens is 6. The van der Waals surface area contributed by atoms with Crippen molar-refractivity contribution in [2.45, 2.75) is 4.90 Å². The van der Waals surface area contributed by atoms with Crippen LogP contribution in [0.1, 0.15) is 0 Å². The van der Waals surface area contributed by atoms with Gasteiger partial charge in [0.1, 0.15) is 4.90 Å². The van der Waals surface area contributed by atoms with E-state index in [2.05, 4.69) is 15.9 Å². The molecule has 0 amide bonds. The lowest BCUT2D eigenvalue weighted by atomic mass is 10.1. The summed E-state index contributed by atoms with van der Waals surface area (Å²) in [4.78, 5) is -1.86. The second-order valence-corrected chi connectivity index (χ2v) is 6.95. The molecule has 0 aliphatic heterocycles. The number of rotatable bonds is 1. The van der Waals surface area contributed by atoms with E-state index in [0.29, 0.717) is 22.0 Å². The van der Waals surface area contributed by atoms with Crippen molar-refractivity contribution in [3.63, 3.8) is 0 Å². The van der Waals surface area contributed by atoms with Crippen molar-refractivity contribution in [3.8, 4) is 0 Å². The molecule has 0 unspecified atom stereocenters. The fourth-order valence-corrected chi connectivity index (χ4v) is 2.49. The molecule has 7 heteroatoms. The topological polar surface area (TPSA) is 0 Å². The van der Waals surface area contributed by atoms with Gasteiger partial charge in [0, 0.05) is 4.47 Å². The Hall–Kier alpha value is -0.820. The minimum absolute atomic E-state index is 0.124. The lowest BCUT2D eigenvalue weighted by Crippen LogP contribution is -2.05. The highest BCUT2D eigenvalue weighted by Crippen LogP contribution is 3.02. The van der Waals surface area contributed by atoms with Gasteiger partial charge in [-0.2, -0.15) is 0 Å². The first-order valence-electron chi connectivity index (χ1n) is 4.39. The SMILES string of the molecule is FS(F)(F)(F)(F)c1ccc2cc(Br)ccc2c1. The number of hydrogen-bond donors (Lipinski definition) is 0. The van der Waals surface area contributed by atoms with Gasteiger partial charge in [-0.15, -0.1) is 0 Å². The van der Waals surface area contributed by atoms with Crippen molar-refractivity contribution in [3.05, 3.63) is 40.9 Å². The van der Waals surface area contributed by atoms with Gasteiger partial charge in [0.15, 0.2) is 0 Å². The second-order valence-electron chi connectivity index (χ2n) is 3.62. The van der Waals surface area contributed by atoms with Crippen LogP contribution in [-0.4, -0.2) is 0 Å². The lowest BCUT2D eigenvalue weighted by molar-refractivity contribution is 0.364. The monoisotopic (exact) mass is 332 g/mol. The first-order valence-corrected chi connectivity index (χ1v) is 7.13. The van der Waals surface area contributed by atoms with Gasteiger partial charge >= 0.3 is 10.2 Å². The molecule has 2 rings (SSSR count). The Balaban J connectivity index is 2.74. The second kappa shape index (κ2) is 2.95. The van der Waals surface area contributed by atoms with Crippen molar-refractivity contribution in [1.29, 1.82) is 0 Å². The van der Waals surface area contributed by atoms with Crippen LogP contribution in [0.15, 0.2) is 45.8 Å². The molecule has 0 aromatic heterocycles. The van der Waals surface area contributed by atoms with E-state index in [1.54, 1.807) is 6.07 Å². The minimum Gasteiger partial charge on any atom is -0.0936 e. The maximum atomic E-state index is 12.5. The maximum Gasteiger partial charge on any atom is 0.310 e. The largest absolute Gasteiger partial charge is 0.310 e. The fraction of sp³-hybridized carbons (Fsp3) is 0. The molecule has 2 aromatic carbocycles.